The molecule has 1 fully saturated rings. The van der Waals surface area contributed by atoms with E-state index < -0.39 is 0 Å². The molecule has 0 amide bonds. The molecule has 0 bridgehead atoms. The SMILES string of the molecule is CCC=COCC1OC1CCCC. The van der Waals surface area contributed by atoms with Gasteiger partial charge in [-0.25, -0.2) is 0 Å². The molecule has 1 aliphatic rings. The second-order valence-corrected chi connectivity index (χ2v) is 3.47. The van der Waals surface area contributed by atoms with Gasteiger partial charge in [-0.2, -0.15) is 0 Å². The minimum atomic E-state index is 0.369. The third-order valence-electron chi connectivity index (χ3n) is 2.22. The molecule has 2 heteroatoms. The summed E-state index contributed by atoms with van der Waals surface area (Å²) in [5, 5.41) is 0. The largest absolute Gasteiger partial charge is 0.499 e. The van der Waals surface area contributed by atoms with Crippen molar-refractivity contribution in [2.45, 2.75) is 51.7 Å². The lowest BCUT2D eigenvalue weighted by atomic mass is 10.2. The first-order valence-corrected chi connectivity index (χ1v) is 5.30. The highest BCUT2D eigenvalue weighted by Gasteiger charge is 2.38. The van der Waals surface area contributed by atoms with Crippen LogP contribution in [0.2, 0.25) is 0 Å². The Kier molecular flexibility index (Phi) is 4.91. The van der Waals surface area contributed by atoms with Crippen LogP contribution in [0.4, 0.5) is 0 Å². The van der Waals surface area contributed by atoms with Crippen molar-refractivity contribution in [3.8, 4) is 0 Å². The molecule has 0 radical (unpaired) electrons. The molecule has 0 aromatic rings. The summed E-state index contributed by atoms with van der Waals surface area (Å²) < 4.78 is 10.7. The van der Waals surface area contributed by atoms with Gasteiger partial charge in [0.25, 0.3) is 0 Å². The topological polar surface area (TPSA) is 21.8 Å². The Morgan fingerprint density at radius 1 is 1.31 bits per heavy atom. The monoisotopic (exact) mass is 184 g/mol. The standard InChI is InChI=1S/C11H20O2/c1-3-5-7-10-11(13-10)9-12-8-6-4-2/h6,8,10-11H,3-5,7,9H2,1-2H3. The van der Waals surface area contributed by atoms with Crippen LogP contribution in [0.1, 0.15) is 39.5 Å². The molecular formula is C11H20O2. The Bertz CT molecular complexity index is 154. The van der Waals surface area contributed by atoms with E-state index >= 15 is 0 Å². The molecule has 0 aromatic heterocycles. The van der Waals surface area contributed by atoms with E-state index in [0.29, 0.717) is 12.2 Å². The van der Waals surface area contributed by atoms with Crippen LogP contribution in [-0.2, 0) is 9.47 Å². The summed E-state index contributed by atoms with van der Waals surface area (Å²) >= 11 is 0. The van der Waals surface area contributed by atoms with E-state index in [1.54, 1.807) is 6.26 Å². The first kappa shape index (κ1) is 10.6. The van der Waals surface area contributed by atoms with E-state index in [1.807, 2.05) is 6.08 Å². The third-order valence-corrected chi connectivity index (χ3v) is 2.22. The first-order chi connectivity index (χ1) is 6.38. The quantitative estimate of drug-likeness (QED) is 0.448. The van der Waals surface area contributed by atoms with Crippen LogP contribution in [0, 0.1) is 0 Å². The first-order valence-electron chi connectivity index (χ1n) is 5.30. The summed E-state index contributed by atoms with van der Waals surface area (Å²) in [7, 11) is 0. The molecule has 0 N–H and O–H groups in total. The van der Waals surface area contributed by atoms with Crippen molar-refractivity contribution in [1.82, 2.24) is 0 Å². The normalized spacial score (nSPS) is 26.6. The Morgan fingerprint density at radius 3 is 2.85 bits per heavy atom. The minimum absolute atomic E-state index is 0.369. The Morgan fingerprint density at radius 2 is 2.15 bits per heavy atom. The zero-order valence-corrected chi connectivity index (χ0v) is 8.66. The number of rotatable bonds is 7. The number of hydrogen-bond acceptors (Lipinski definition) is 2. The Labute approximate surface area is 80.9 Å². The lowest BCUT2D eigenvalue weighted by Gasteiger charge is -1.95. The molecule has 0 saturated carbocycles. The smallest absolute Gasteiger partial charge is 0.118 e. The van der Waals surface area contributed by atoms with Crippen LogP contribution in [-0.4, -0.2) is 18.8 Å². The van der Waals surface area contributed by atoms with Crippen LogP contribution >= 0.6 is 0 Å². The highest BCUT2D eigenvalue weighted by molar-refractivity contribution is 4.85. The van der Waals surface area contributed by atoms with Crippen LogP contribution in [0.25, 0.3) is 0 Å². The van der Waals surface area contributed by atoms with Crippen molar-refractivity contribution in [2.75, 3.05) is 6.61 Å². The summed E-state index contributed by atoms with van der Waals surface area (Å²) in [5.41, 5.74) is 0. The number of allylic oxidation sites excluding steroid dienone is 1. The number of epoxide rings is 1. The van der Waals surface area contributed by atoms with Gasteiger partial charge in [0.05, 0.1) is 12.4 Å². The average molecular weight is 184 g/mol. The lowest BCUT2D eigenvalue weighted by Crippen LogP contribution is -2.01. The summed E-state index contributed by atoms with van der Waals surface area (Å²) in [4.78, 5) is 0. The number of ether oxygens (including phenoxy) is 2. The fourth-order valence-corrected chi connectivity index (χ4v) is 1.30. The maximum atomic E-state index is 5.44. The molecule has 2 nitrogen and oxygen atoms in total. The lowest BCUT2D eigenvalue weighted by molar-refractivity contribution is 0.211. The predicted octanol–water partition coefficient (Wildman–Crippen LogP) is 2.88. The average Bonchev–Trinajstić information content (AvgIpc) is 2.88. The van der Waals surface area contributed by atoms with Crippen molar-refractivity contribution in [3.05, 3.63) is 12.3 Å². The molecule has 2 unspecified atom stereocenters. The van der Waals surface area contributed by atoms with Crippen molar-refractivity contribution in [3.63, 3.8) is 0 Å². The highest BCUT2D eigenvalue weighted by atomic mass is 16.6. The second-order valence-electron chi connectivity index (χ2n) is 3.47. The van der Waals surface area contributed by atoms with E-state index in [-0.39, 0.29) is 0 Å². The Hall–Kier alpha value is -0.500. The fraction of sp³-hybridized carbons (Fsp3) is 0.818. The molecule has 1 saturated heterocycles. The van der Waals surface area contributed by atoms with Crippen LogP contribution in [0.15, 0.2) is 12.3 Å². The number of unbranched alkanes of at least 4 members (excludes halogenated alkanes) is 1. The van der Waals surface area contributed by atoms with Crippen molar-refractivity contribution in [1.29, 1.82) is 0 Å². The molecule has 0 aromatic carbocycles. The van der Waals surface area contributed by atoms with E-state index in [0.717, 1.165) is 13.0 Å². The van der Waals surface area contributed by atoms with Gasteiger partial charge in [-0.1, -0.05) is 32.8 Å². The zero-order chi connectivity index (χ0) is 9.52. The summed E-state index contributed by atoms with van der Waals surface area (Å²) in [6, 6.07) is 0. The summed E-state index contributed by atoms with van der Waals surface area (Å²) in [5.74, 6) is 0. The van der Waals surface area contributed by atoms with E-state index in [1.165, 1.54) is 19.3 Å². The van der Waals surface area contributed by atoms with Gasteiger partial charge in [0.1, 0.15) is 12.7 Å². The third kappa shape index (κ3) is 4.32. The van der Waals surface area contributed by atoms with Crippen LogP contribution < -0.4 is 0 Å². The summed E-state index contributed by atoms with van der Waals surface area (Å²) in [6.45, 7) is 5.03. The summed E-state index contributed by atoms with van der Waals surface area (Å²) in [6.07, 6.45) is 9.40. The van der Waals surface area contributed by atoms with Gasteiger partial charge < -0.3 is 9.47 Å². The molecule has 2 atom stereocenters. The van der Waals surface area contributed by atoms with Gasteiger partial charge in [-0.15, -0.1) is 0 Å². The predicted molar refractivity (Wildman–Crippen MR) is 53.6 cm³/mol. The van der Waals surface area contributed by atoms with Crippen LogP contribution in [0.3, 0.4) is 0 Å². The second kappa shape index (κ2) is 6.03. The van der Waals surface area contributed by atoms with E-state index in [2.05, 4.69) is 13.8 Å². The van der Waals surface area contributed by atoms with Gasteiger partial charge >= 0.3 is 0 Å². The molecular weight excluding hydrogens is 164 g/mol. The number of hydrogen-bond donors (Lipinski definition) is 0. The van der Waals surface area contributed by atoms with Gasteiger partial charge in [0, 0.05) is 0 Å². The molecule has 1 aliphatic heterocycles. The molecule has 76 valence electrons. The van der Waals surface area contributed by atoms with Gasteiger partial charge in [0.15, 0.2) is 0 Å². The Balaban J connectivity index is 1.92. The highest BCUT2D eigenvalue weighted by Crippen LogP contribution is 2.27. The van der Waals surface area contributed by atoms with E-state index in [4.69, 9.17) is 9.47 Å². The van der Waals surface area contributed by atoms with Crippen molar-refractivity contribution < 1.29 is 9.47 Å². The zero-order valence-electron chi connectivity index (χ0n) is 8.66. The minimum Gasteiger partial charge on any atom is -0.499 e. The van der Waals surface area contributed by atoms with Gasteiger partial charge in [0.2, 0.25) is 0 Å². The maximum absolute atomic E-state index is 5.44. The molecule has 13 heavy (non-hydrogen) atoms. The fourth-order valence-electron chi connectivity index (χ4n) is 1.30. The van der Waals surface area contributed by atoms with Gasteiger partial charge in [-0.05, 0) is 12.8 Å². The molecule has 0 aliphatic carbocycles. The van der Waals surface area contributed by atoms with E-state index in [9.17, 15) is 0 Å². The maximum Gasteiger partial charge on any atom is 0.118 e. The van der Waals surface area contributed by atoms with Gasteiger partial charge in [-0.3, -0.25) is 0 Å². The van der Waals surface area contributed by atoms with Crippen molar-refractivity contribution in [2.24, 2.45) is 0 Å². The van der Waals surface area contributed by atoms with Crippen LogP contribution in [0.5, 0.6) is 0 Å². The molecule has 1 rings (SSSR count). The molecule has 1 heterocycles. The molecule has 0 spiro atoms. The van der Waals surface area contributed by atoms with Crippen molar-refractivity contribution >= 4 is 0 Å².